The molecule has 11 heteroatoms. The quantitative estimate of drug-likeness (QED) is 0.582. The number of nitrogens with two attached hydrogens (primary N) is 1. The van der Waals surface area contributed by atoms with E-state index in [9.17, 15) is 14.6 Å². The topological polar surface area (TPSA) is 152 Å². The van der Waals surface area contributed by atoms with E-state index in [0.29, 0.717) is 22.7 Å². The summed E-state index contributed by atoms with van der Waals surface area (Å²) in [5.41, 5.74) is 10.2. The second-order valence-corrected chi connectivity index (χ2v) is 10.4. The number of aliphatic hydroxyl groups is 1. The maximum absolute atomic E-state index is 14.1. The fourth-order valence-corrected chi connectivity index (χ4v) is 6.04. The van der Waals surface area contributed by atoms with Crippen LogP contribution in [-0.2, 0) is 28.3 Å². The van der Waals surface area contributed by atoms with Gasteiger partial charge < -0.3 is 15.6 Å². The molecule has 1 aliphatic rings. The van der Waals surface area contributed by atoms with Gasteiger partial charge in [0.05, 0.1) is 45.6 Å². The molecule has 1 unspecified atom stereocenters. The van der Waals surface area contributed by atoms with Gasteiger partial charge in [-0.2, -0.15) is 10.4 Å². The van der Waals surface area contributed by atoms with Crippen LogP contribution in [0.15, 0.2) is 28.6 Å². The lowest BCUT2D eigenvalue weighted by Gasteiger charge is -2.22. The lowest BCUT2D eigenvalue weighted by atomic mass is 10.0. The number of aryl methyl sites for hydroxylation is 2. The summed E-state index contributed by atoms with van der Waals surface area (Å²) in [6, 6.07) is 9.62. The second-order valence-electron chi connectivity index (χ2n) is 7.98. The van der Waals surface area contributed by atoms with Gasteiger partial charge in [-0.05, 0) is 25.0 Å². The number of hydrogen-bond donors (Lipinski definition) is 2. The van der Waals surface area contributed by atoms with E-state index in [4.69, 9.17) is 10.5 Å². The predicted molar refractivity (Wildman–Crippen MR) is 124 cm³/mol. The third-order valence-corrected chi connectivity index (χ3v) is 7.62. The third kappa shape index (κ3) is 4.40. The van der Waals surface area contributed by atoms with Gasteiger partial charge in [0.15, 0.2) is 11.6 Å². The molecule has 2 atom stereocenters. The van der Waals surface area contributed by atoms with Gasteiger partial charge >= 0.3 is 0 Å². The molecule has 3 aromatic rings. The van der Waals surface area contributed by atoms with Crippen LogP contribution in [0.2, 0.25) is 0 Å². The Labute approximate surface area is 192 Å². The Morgan fingerprint density at radius 2 is 2.15 bits per heavy atom. The summed E-state index contributed by atoms with van der Waals surface area (Å²) in [4.78, 5) is 0. The Morgan fingerprint density at radius 3 is 2.88 bits per heavy atom. The first-order chi connectivity index (χ1) is 15.7. The number of nitriles is 1. The Morgan fingerprint density at radius 1 is 1.36 bits per heavy atom. The van der Waals surface area contributed by atoms with E-state index in [2.05, 4.69) is 25.7 Å². The molecule has 0 radical (unpaired) electrons. The molecule has 0 spiro atoms. The van der Waals surface area contributed by atoms with Gasteiger partial charge in [-0.25, -0.2) is 8.57 Å². The van der Waals surface area contributed by atoms with Crippen LogP contribution < -0.4 is 10.5 Å². The van der Waals surface area contributed by atoms with Crippen LogP contribution in [0.1, 0.15) is 41.1 Å². The highest BCUT2D eigenvalue weighted by molar-refractivity contribution is 7.92. The molecule has 172 valence electrons. The molecule has 1 aliphatic heterocycles. The Bertz CT molecular complexity index is 1380. The zero-order valence-electron chi connectivity index (χ0n) is 18.6. The summed E-state index contributed by atoms with van der Waals surface area (Å²) in [5, 5.41) is 31.8. The Hall–Kier alpha value is -3.49. The Balaban J connectivity index is 2.02. The molecule has 2 aromatic heterocycles. The highest BCUT2D eigenvalue weighted by Crippen LogP contribution is 2.35. The van der Waals surface area contributed by atoms with Crippen LogP contribution in [0.5, 0.6) is 5.75 Å². The molecule has 3 N–H and O–H groups in total. The van der Waals surface area contributed by atoms with Crippen molar-refractivity contribution in [2.24, 2.45) is 11.4 Å². The molecule has 1 aromatic carbocycles. The minimum absolute atomic E-state index is 0.0121. The average molecular weight is 468 g/mol. The lowest BCUT2D eigenvalue weighted by molar-refractivity contribution is 0.226. The molecule has 0 amide bonds. The first kappa shape index (κ1) is 22.7. The summed E-state index contributed by atoms with van der Waals surface area (Å²) < 4.78 is 26.1. The van der Waals surface area contributed by atoms with Gasteiger partial charge in [0.2, 0.25) is 0 Å². The number of fused-ring (bicyclic) bond motifs is 5. The molecular weight excluding hydrogens is 442 g/mol. The number of aliphatic hydroxyl groups excluding tert-OH is 1. The van der Waals surface area contributed by atoms with Crippen molar-refractivity contribution in [3.63, 3.8) is 0 Å². The SMILES string of the molecule is Cc1ccc2c(c1)[C@@H](C)Oc1cc(nnc1N)-c1c(nn(C)c1C#N)CS(=O)(=NCCO)C2. The number of rotatable bonds is 2. The largest absolute Gasteiger partial charge is 0.482 e. The number of nitrogen functional groups attached to an aromatic ring is 1. The predicted octanol–water partition coefficient (Wildman–Crippen LogP) is 2.25. The summed E-state index contributed by atoms with van der Waals surface area (Å²) >= 11 is 0. The summed E-state index contributed by atoms with van der Waals surface area (Å²) in [6.45, 7) is 3.67. The van der Waals surface area contributed by atoms with Crippen molar-refractivity contribution in [3.8, 4) is 23.1 Å². The number of ether oxygens (including phenoxy) is 1. The van der Waals surface area contributed by atoms with Crippen LogP contribution in [0.25, 0.3) is 11.3 Å². The van der Waals surface area contributed by atoms with Gasteiger partial charge in [0.25, 0.3) is 0 Å². The highest BCUT2D eigenvalue weighted by Gasteiger charge is 2.27. The molecule has 10 nitrogen and oxygen atoms in total. The molecule has 2 bridgehead atoms. The minimum atomic E-state index is -2.90. The van der Waals surface area contributed by atoms with E-state index in [1.807, 2.05) is 32.0 Å². The van der Waals surface area contributed by atoms with Crippen molar-refractivity contribution < 1.29 is 14.1 Å². The third-order valence-electron chi connectivity index (χ3n) is 5.48. The van der Waals surface area contributed by atoms with Gasteiger partial charge in [-0.15, -0.1) is 10.2 Å². The van der Waals surface area contributed by atoms with E-state index in [1.54, 1.807) is 13.1 Å². The normalized spacial score (nSPS) is 19.8. The second kappa shape index (κ2) is 8.80. The zero-order chi connectivity index (χ0) is 23.8. The summed E-state index contributed by atoms with van der Waals surface area (Å²) in [5.74, 6) is 0.595. The molecule has 0 saturated heterocycles. The zero-order valence-corrected chi connectivity index (χ0v) is 19.5. The van der Waals surface area contributed by atoms with Gasteiger partial charge in [0.1, 0.15) is 23.6 Å². The standard InChI is InChI=1S/C22H25N7O3S/c1-13-4-5-15-11-33(31,25-6-7-30)12-18-21(19(10-23)29(3)28-18)17-9-20(22(24)27-26-17)32-14(2)16(15)8-13/h4-5,8-9,14,30H,6-7,11-12H2,1-3H3,(H2,24,27)/t14-,33?/m1/s1. The van der Waals surface area contributed by atoms with Crippen molar-refractivity contribution in [1.82, 2.24) is 20.0 Å². The van der Waals surface area contributed by atoms with Crippen molar-refractivity contribution >= 4 is 15.5 Å². The molecule has 3 heterocycles. The van der Waals surface area contributed by atoms with Crippen molar-refractivity contribution in [2.75, 3.05) is 18.9 Å². The van der Waals surface area contributed by atoms with Crippen molar-refractivity contribution in [2.45, 2.75) is 31.5 Å². The lowest BCUT2D eigenvalue weighted by Crippen LogP contribution is -2.16. The average Bonchev–Trinajstić information content (AvgIpc) is 3.08. The highest BCUT2D eigenvalue weighted by atomic mass is 32.2. The summed E-state index contributed by atoms with van der Waals surface area (Å²) in [6.07, 6.45) is -0.427. The molecule has 0 saturated carbocycles. The molecule has 0 aliphatic carbocycles. The van der Waals surface area contributed by atoms with Crippen LogP contribution in [-0.4, -0.2) is 42.4 Å². The van der Waals surface area contributed by atoms with Gasteiger partial charge in [-0.3, -0.25) is 4.68 Å². The first-order valence-corrected chi connectivity index (χ1v) is 12.2. The maximum atomic E-state index is 14.1. The maximum Gasteiger partial charge on any atom is 0.188 e. The van der Waals surface area contributed by atoms with Crippen LogP contribution in [0.3, 0.4) is 0 Å². The van der Waals surface area contributed by atoms with Gasteiger partial charge in [-0.1, -0.05) is 23.8 Å². The molecular formula is C22H25N7O3S. The number of benzene rings is 1. The van der Waals surface area contributed by atoms with Gasteiger partial charge in [0, 0.05) is 13.1 Å². The number of anilines is 1. The van der Waals surface area contributed by atoms with E-state index in [-0.39, 0.29) is 36.2 Å². The van der Waals surface area contributed by atoms with Crippen molar-refractivity contribution in [3.05, 3.63) is 52.3 Å². The smallest absolute Gasteiger partial charge is 0.188 e. The van der Waals surface area contributed by atoms with E-state index in [1.165, 1.54) is 4.68 Å². The van der Waals surface area contributed by atoms with E-state index < -0.39 is 15.8 Å². The molecule has 4 rings (SSSR count). The van der Waals surface area contributed by atoms with Crippen LogP contribution in [0.4, 0.5) is 5.82 Å². The monoisotopic (exact) mass is 467 g/mol. The number of nitrogens with zero attached hydrogens (tertiary/aromatic N) is 6. The van der Waals surface area contributed by atoms with Crippen LogP contribution in [0, 0.1) is 18.3 Å². The Kier molecular flexibility index (Phi) is 6.05. The van der Waals surface area contributed by atoms with E-state index in [0.717, 1.165) is 16.7 Å². The minimum Gasteiger partial charge on any atom is -0.482 e. The fourth-order valence-electron chi connectivity index (χ4n) is 3.96. The molecule has 33 heavy (non-hydrogen) atoms. The summed E-state index contributed by atoms with van der Waals surface area (Å²) in [7, 11) is -1.27. The molecule has 0 fully saturated rings. The van der Waals surface area contributed by atoms with E-state index >= 15 is 0 Å². The number of hydrogen-bond acceptors (Lipinski definition) is 9. The van der Waals surface area contributed by atoms with Crippen molar-refractivity contribution in [1.29, 1.82) is 5.26 Å². The van der Waals surface area contributed by atoms with Crippen LogP contribution >= 0.6 is 0 Å². The number of aromatic nitrogens is 4. The first-order valence-electron chi connectivity index (χ1n) is 10.4. The fraction of sp³-hybridized carbons (Fsp3) is 0.364.